The first-order valence-electron chi connectivity index (χ1n) is 5.58. The van der Waals surface area contributed by atoms with Gasteiger partial charge in [0.15, 0.2) is 5.65 Å². The van der Waals surface area contributed by atoms with Crippen molar-refractivity contribution in [2.45, 2.75) is 6.42 Å². The summed E-state index contributed by atoms with van der Waals surface area (Å²) in [6, 6.07) is 3.91. The van der Waals surface area contributed by atoms with Crippen LogP contribution in [0.5, 0.6) is 0 Å². The van der Waals surface area contributed by atoms with Gasteiger partial charge in [-0.25, -0.2) is 4.52 Å². The molecule has 0 spiro atoms. The fourth-order valence-electron chi connectivity index (χ4n) is 1.60. The fourth-order valence-corrected chi connectivity index (χ4v) is 1.93. The van der Waals surface area contributed by atoms with Gasteiger partial charge < -0.3 is 10.2 Å². The third-order valence-corrected chi connectivity index (χ3v) is 3.01. The Kier molecular flexibility index (Phi) is 3.96. The number of nitrogens with one attached hydrogen (secondary N) is 1. The maximum absolute atomic E-state index is 4.47. The molecule has 1 N–H and O–H groups in total. The Morgan fingerprint density at radius 3 is 3.06 bits per heavy atom. The first kappa shape index (κ1) is 12.3. The van der Waals surface area contributed by atoms with Gasteiger partial charge in [0.1, 0.15) is 0 Å². The Morgan fingerprint density at radius 2 is 2.29 bits per heavy atom. The van der Waals surface area contributed by atoms with E-state index >= 15 is 0 Å². The Bertz CT molecular complexity index is 496. The highest BCUT2D eigenvalue weighted by Gasteiger charge is 2.07. The first-order chi connectivity index (χ1) is 8.20. The van der Waals surface area contributed by atoms with E-state index in [9.17, 15) is 0 Å². The summed E-state index contributed by atoms with van der Waals surface area (Å²) < 4.78 is 2.79. The molecule has 0 saturated heterocycles. The van der Waals surface area contributed by atoms with Gasteiger partial charge in [0, 0.05) is 24.3 Å². The minimum absolute atomic E-state index is 0.763. The minimum atomic E-state index is 0.763. The van der Waals surface area contributed by atoms with Crippen LogP contribution in [0, 0.1) is 0 Å². The predicted molar refractivity (Wildman–Crippen MR) is 72.5 cm³/mol. The van der Waals surface area contributed by atoms with E-state index in [-0.39, 0.29) is 0 Å². The summed E-state index contributed by atoms with van der Waals surface area (Å²) in [5.74, 6) is 0.763. The lowest BCUT2D eigenvalue weighted by molar-refractivity contribution is 0.703. The van der Waals surface area contributed by atoms with E-state index in [2.05, 4.69) is 36.2 Å². The number of aromatic nitrogens is 3. The monoisotopic (exact) mass is 297 g/mol. The first-order valence-corrected chi connectivity index (χ1v) is 6.37. The van der Waals surface area contributed by atoms with E-state index in [1.165, 1.54) is 0 Å². The molecule has 0 unspecified atom stereocenters. The zero-order valence-electron chi connectivity index (χ0n) is 10.0. The highest BCUT2D eigenvalue weighted by atomic mass is 79.9. The molecular formula is C11H16BrN5. The average molecular weight is 298 g/mol. The predicted octanol–water partition coefficient (Wildman–Crippen LogP) is 1.54. The van der Waals surface area contributed by atoms with Crippen LogP contribution in [-0.2, 0) is 0 Å². The molecule has 0 aromatic carbocycles. The van der Waals surface area contributed by atoms with E-state index in [4.69, 9.17) is 0 Å². The van der Waals surface area contributed by atoms with E-state index in [1.54, 1.807) is 4.52 Å². The molecule has 6 heteroatoms. The number of fused-ring (bicyclic) bond motifs is 1. The second-order valence-corrected chi connectivity index (χ2v) is 4.86. The molecule has 2 heterocycles. The van der Waals surface area contributed by atoms with Crippen LogP contribution in [0.15, 0.2) is 22.8 Å². The Morgan fingerprint density at radius 1 is 1.47 bits per heavy atom. The van der Waals surface area contributed by atoms with Crippen LogP contribution in [0.1, 0.15) is 6.42 Å². The number of nitrogens with zero attached hydrogens (tertiary/aromatic N) is 4. The molecule has 2 rings (SSSR count). The molecule has 2 aromatic heterocycles. The average Bonchev–Trinajstić information content (AvgIpc) is 2.72. The standard InChI is InChI=1S/C11H16BrN5/c1-13-6-3-7-16(2)11-14-10-5-4-9(12)8-17(10)15-11/h4-5,8,13H,3,6-7H2,1-2H3. The highest BCUT2D eigenvalue weighted by Crippen LogP contribution is 2.13. The van der Waals surface area contributed by atoms with Crippen molar-refractivity contribution in [2.24, 2.45) is 0 Å². The number of rotatable bonds is 5. The van der Waals surface area contributed by atoms with Crippen molar-refractivity contribution in [3.05, 3.63) is 22.8 Å². The van der Waals surface area contributed by atoms with E-state index in [1.807, 2.05) is 32.4 Å². The third-order valence-electron chi connectivity index (χ3n) is 2.55. The molecule has 0 amide bonds. The maximum Gasteiger partial charge on any atom is 0.245 e. The number of pyridine rings is 1. The smallest absolute Gasteiger partial charge is 0.245 e. The van der Waals surface area contributed by atoms with Gasteiger partial charge in [-0.05, 0) is 48.1 Å². The zero-order valence-corrected chi connectivity index (χ0v) is 11.6. The van der Waals surface area contributed by atoms with Gasteiger partial charge in [0.25, 0.3) is 0 Å². The number of hydrogen-bond acceptors (Lipinski definition) is 4. The highest BCUT2D eigenvalue weighted by molar-refractivity contribution is 9.10. The number of hydrogen-bond donors (Lipinski definition) is 1. The van der Waals surface area contributed by atoms with E-state index < -0.39 is 0 Å². The van der Waals surface area contributed by atoms with Crippen molar-refractivity contribution >= 4 is 27.5 Å². The van der Waals surface area contributed by atoms with Crippen LogP contribution < -0.4 is 10.2 Å². The molecule has 0 atom stereocenters. The summed E-state index contributed by atoms with van der Waals surface area (Å²) in [6.07, 6.45) is 2.99. The van der Waals surface area contributed by atoms with Gasteiger partial charge in [-0.15, -0.1) is 5.10 Å². The molecule has 0 aliphatic carbocycles. The summed E-state index contributed by atoms with van der Waals surface area (Å²) in [6.45, 7) is 1.95. The van der Waals surface area contributed by atoms with E-state index in [0.29, 0.717) is 0 Å². The summed E-state index contributed by atoms with van der Waals surface area (Å²) in [5.41, 5.74) is 0.865. The van der Waals surface area contributed by atoms with Crippen molar-refractivity contribution in [1.82, 2.24) is 19.9 Å². The second kappa shape index (κ2) is 5.46. The van der Waals surface area contributed by atoms with Crippen LogP contribution >= 0.6 is 15.9 Å². The van der Waals surface area contributed by atoms with Crippen molar-refractivity contribution in [3.8, 4) is 0 Å². The third kappa shape index (κ3) is 2.95. The van der Waals surface area contributed by atoms with Crippen LogP contribution in [-0.4, -0.2) is 41.8 Å². The molecule has 5 nitrogen and oxygen atoms in total. The normalized spacial score (nSPS) is 11.0. The molecular weight excluding hydrogens is 282 g/mol. The van der Waals surface area contributed by atoms with Crippen LogP contribution in [0.25, 0.3) is 5.65 Å². The fraction of sp³-hybridized carbons (Fsp3) is 0.455. The van der Waals surface area contributed by atoms with Crippen LogP contribution in [0.4, 0.5) is 5.95 Å². The quantitative estimate of drug-likeness (QED) is 0.851. The Hall–Kier alpha value is -1.14. The molecule has 0 saturated carbocycles. The lowest BCUT2D eigenvalue weighted by atomic mass is 10.4. The largest absolute Gasteiger partial charge is 0.343 e. The summed E-state index contributed by atoms with van der Waals surface area (Å²) in [7, 11) is 3.97. The zero-order chi connectivity index (χ0) is 12.3. The summed E-state index contributed by atoms with van der Waals surface area (Å²) in [4.78, 5) is 6.54. The summed E-state index contributed by atoms with van der Waals surface area (Å²) >= 11 is 3.42. The van der Waals surface area contributed by atoms with Crippen molar-refractivity contribution in [1.29, 1.82) is 0 Å². The lowest BCUT2D eigenvalue weighted by Gasteiger charge is -2.13. The van der Waals surface area contributed by atoms with Gasteiger partial charge in [0.2, 0.25) is 5.95 Å². The maximum atomic E-state index is 4.47. The molecule has 17 heavy (non-hydrogen) atoms. The van der Waals surface area contributed by atoms with Gasteiger partial charge >= 0.3 is 0 Å². The second-order valence-electron chi connectivity index (χ2n) is 3.94. The van der Waals surface area contributed by atoms with E-state index in [0.717, 1.165) is 35.6 Å². The molecule has 0 aliphatic rings. The molecule has 0 radical (unpaired) electrons. The minimum Gasteiger partial charge on any atom is -0.343 e. The van der Waals surface area contributed by atoms with Crippen LogP contribution in [0.2, 0.25) is 0 Å². The van der Waals surface area contributed by atoms with Crippen molar-refractivity contribution < 1.29 is 0 Å². The topological polar surface area (TPSA) is 45.5 Å². The lowest BCUT2D eigenvalue weighted by Crippen LogP contribution is -2.23. The summed E-state index contributed by atoms with van der Waals surface area (Å²) in [5, 5.41) is 7.56. The van der Waals surface area contributed by atoms with Gasteiger partial charge in [-0.3, -0.25) is 0 Å². The molecule has 0 fully saturated rings. The van der Waals surface area contributed by atoms with Gasteiger partial charge in [-0.2, -0.15) is 4.98 Å². The van der Waals surface area contributed by atoms with Crippen molar-refractivity contribution in [3.63, 3.8) is 0 Å². The number of anilines is 1. The Labute approximate surface area is 109 Å². The molecule has 2 aromatic rings. The van der Waals surface area contributed by atoms with Gasteiger partial charge in [-0.1, -0.05) is 0 Å². The molecule has 92 valence electrons. The molecule has 0 bridgehead atoms. The number of halogens is 1. The van der Waals surface area contributed by atoms with Gasteiger partial charge in [0.05, 0.1) is 0 Å². The van der Waals surface area contributed by atoms with Crippen molar-refractivity contribution in [2.75, 3.05) is 32.1 Å². The Balaban J connectivity index is 2.12. The van der Waals surface area contributed by atoms with Crippen LogP contribution in [0.3, 0.4) is 0 Å². The molecule has 0 aliphatic heterocycles. The SMILES string of the molecule is CNCCCN(C)c1nc2ccc(Br)cn2n1.